The highest BCUT2D eigenvalue weighted by atomic mass is 16.5. The Labute approximate surface area is 120 Å². The lowest BCUT2D eigenvalue weighted by atomic mass is 9.77. The molecule has 1 N–H and O–H groups in total. The van der Waals surface area contributed by atoms with Crippen LogP contribution < -0.4 is 9.47 Å². The van der Waals surface area contributed by atoms with Crippen molar-refractivity contribution in [2.75, 3.05) is 20.8 Å². The van der Waals surface area contributed by atoms with Crippen molar-refractivity contribution in [3.05, 3.63) is 23.8 Å². The predicted molar refractivity (Wildman–Crippen MR) is 77.3 cm³/mol. The molecule has 1 heterocycles. The second kappa shape index (κ2) is 5.62. The first-order valence-electron chi connectivity index (χ1n) is 7.05. The Morgan fingerprint density at radius 2 is 2.05 bits per heavy atom. The van der Waals surface area contributed by atoms with E-state index < -0.39 is 5.60 Å². The Kier molecular flexibility index (Phi) is 4.25. The molecular weight excluding hydrogens is 256 g/mol. The fraction of sp³-hybridized carbons (Fsp3) is 0.625. The number of hydrogen-bond donors (Lipinski definition) is 1. The third kappa shape index (κ3) is 2.76. The molecule has 2 atom stereocenters. The molecule has 0 radical (unpaired) electrons. The van der Waals surface area contributed by atoms with Crippen molar-refractivity contribution in [3.63, 3.8) is 0 Å². The molecule has 0 aromatic heterocycles. The lowest BCUT2D eigenvalue weighted by molar-refractivity contribution is -0.158. The molecule has 1 fully saturated rings. The summed E-state index contributed by atoms with van der Waals surface area (Å²) in [6.07, 6.45) is 1.98. The van der Waals surface area contributed by atoms with E-state index in [0.717, 1.165) is 17.7 Å². The third-order valence-corrected chi connectivity index (χ3v) is 4.29. The van der Waals surface area contributed by atoms with Gasteiger partial charge in [-0.25, -0.2) is 0 Å². The normalized spacial score (nSPS) is 30.1. The van der Waals surface area contributed by atoms with Crippen molar-refractivity contribution in [1.82, 2.24) is 0 Å². The van der Waals surface area contributed by atoms with Crippen molar-refractivity contribution >= 4 is 0 Å². The zero-order valence-corrected chi connectivity index (χ0v) is 12.7. The first-order chi connectivity index (χ1) is 9.46. The lowest BCUT2D eigenvalue weighted by Gasteiger charge is -2.43. The fourth-order valence-electron chi connectivity index (χ4n) is 2.86. The van der Waals surface area contributed by atoms with Crippen LogP contribution in [0.5, 0.6) is 11.5 Å². The van der Waals surface area contributed by atoms with Gasteiger partial charge in [0.25, 0.3) is 0 Å². The molecule has 0 amide bonds. The van der Waals surface area contributed by atoms with Crippen LogP contribution in [0, 0.1) is 0 Å². The number of rotatable bonds is 4. The van der Waals surface area contributed by atoms with Crippen molar-refractivity contribution in [2.24, 2.45) is 0 Å². The van der Waals surface area contributed by atoms with Crippen LogP contribution in [0.3, 0.4) is 0 Å². The Bertz CT molecular complexity index is 474. The first kappa shape index (κ1) is 15.1. The maximum atomic E-state index is 11.1. The van der Waals surface area contributed by atoms with Gasteiger partial charge >= 0.3 is 0 Å². The Hall–Kier alpha value is -1.26. The molecule has 1 aromatic carbocycles. The Balaban J connectivity index is 2.42. The highest BCUT2D eigenvalue weighted by Crippen LogP contribution is 2.45. The van der Waals surface area contributed by atoms with Crippen molar-refractivity contribution in [2.45, 2.75) is 44.3 Å². The van der Waals surface area contributed by atoms with Crippen LogP contribution >= 0.6 is 0 Å². The summed E-state index contributed by atoms with van der Waals surface area (Å²) in [7, 11) is 3.24. The van der Waals surface area contributed by atoms with Crippen LogP contribution in [0.4, 0.5) is 0 Å². The summed E-state index contributed by atoms with van der Waals surface area (Å²) in [5.41, 5.74) is -0.466. The molecule has 0 spiro atoms. The summed E-state index contributed by atoms with van der Waals surface area (Å²) in [5.74, 6) is 1.41. The van der Waals surface area contributed by atoms with Gasteiger partial charge in [-0.1, -0.05) is 6.92 Å². The van der Waals surface area contributed by atoms with Crippen LogP contribution in [0.15, 0.2) is 18.2 Å². The summed E-state index contributed by atoms with van der Waals surface area (Å²) in [6, 6.07) is 5.54. The summed E-state index contributed by atoms with van der Waals surface area (Å²) in [4.78, 5) is 0. The SMILES string of the molecule is CCC1(C)CC(O)(c2cc(OC)ccc2OC)CCO1. The van der Waals surface area contributed by atoms with Crippen LogP contribution in [0.1, 0.15) is 38.7 Å². The van der Waals surface area contributed by atoms with Crippen molar-refractivity contribution < 1.29 is 19.3 Å². The molecule has 4 nitrogen and oxygen atoms in total. The molecule has 20 heavy (non-hydrogen) atoms. The minimum Gasteiger partial charge on any atom is -0.497 e. The molecular formula is C16H24O4. The first-order valence-corrected chi connectivity index (χ1v) is 7.05. The number of benzene rings is 1. The van der Waals surface area contributed by atoms with Crippen LogP contribution in [0.25, 0.3) is 0 Å². The van der Waals surface area contributed by atoms with E-state index in [9.17, 15) is 5.11 Å². The van der Waals surface area contributed by atoms with E-state index in [1.807, 2.05) is 25.1 Å². The van der Waals surface area contributed by atoms with E-state index >= 15 is 0 Å². The van der Waals surface area contributed by atoms with Gasteiger partial charge < -0.3 is 19.3 Å². The zero-order chi connectivity index (χ0) is 14.8. The molecule has 112 valence electrons. The molecule has 4 heteroatoms. The molecule has 2 unspecified atom stereocenters. The van der Waals surface area contributed by atoms with Crippen molar-refractivity contribution in [3.8, 4) is 11.5 Å². The Morgan fingerprint density at radius 3 is 2.65 bits per heavy atom. The molecule has 1 saturated heterocycles. The van der Waals surface area contributed by atoms with Crippen LogP contribution in [-0.2, 0) is 10.3 Å². The minimum absolute atomic E-state index is 0.304. The molecule has 0 bridgehead atoms. The van der Waals surface area contributed by atoms with E-state index in [1.54, 1.807) is 14.2 Å². The maximum Gasteiger partial charge on any atom is 0.125 e. The summed E-state index contributed by atoms with van der Waals surface area (Å²) >= 11 is 0. The largest absolute Gasteiger partial charge is 0.497 e. The zero-order valence-electron chi connectivity index (χ0n) is 12.7. The van der Waals surface area contributed by atoms with Gasteiger partial charge in [0.1, 0.15) is 11.5 Å². The van der Waals surface area contributed by atoms with E-state index in [2.05, 4.69) is 6.92 Å². The molecule has 0 aliphatic carbocycles. The van der Waals surface area contributed by atoms with E-state index in [-0.39, 0.29) is 5.60 Å². The van der Waals surface area contributed by atoms with Gasteiger partial charge in [-0.15, -0.1) is 0 Å². The topological polar surface area (TPSA) is 47.9 Å². The fourth-order valence-corrected chi connectivity index (χ4v) is 2.86. The standard InChI is InChI=1S/C16H24O4/c1-5-15(2)11-16(17,8-9-20-15)13-10-12(18-3)6-7-14(13)19-4/h6-7,10,17H,5,8-9,11H2,1-4H3. The second-order valence-corrected chi connectivity index (χ2v) is 5.68. The minimum atomic E-state index is -0.942. The molecule has 1 aliphatic rings. The number of ether oxygens (including phenoxy) is 3. The summed E-state index contributed by atoms with van der Waals surface area (Å²) in [5, 5.41) is 11.1. The van der Waals surface area contributed by atoms with E-state index in [1.165, 1.54) is 0 Å². The predicted octanol–water partition coefficient (Wildman–Crippen LogP) is 2.87. The summed E-state index contributed by atoms with van der Waals surface area (Å²) in [6.45, 7) is 4.67. The number of aliphatic hydroxyl groups is 1. The van der Waals surface area contributed by atoms with Gasteiger partial charge in [-0.2, -0.15) is 0 Å². The highest BCUT2D eigenvalue weighted by Gasteiger charge is 2.43. The van der Waals surface area contributed by atoms with Gasteiger partial charge in [-0.3, -0.25) is 0 Å². The smallest absolute Gasteiger partial charge is 0.125 e. The van der Waals surface area contributed by atoms with E-state index in [4.69, 9.17) is 14.2 Å². The van der Waals surface area contributed by atoms with Gasteiger partial charge in [0.2, 0.25) is 0 Å². The van der Waals surface area contributed by atoms with Gasteiger partial charge in [0.15, 0.2) is 0 Å². The number of hydrogen-bond acceptors (Lipinski definition) is 4. The van der Waals surface area contributed by atoms with Gasteiger partial charge in [0, 0.05) is 18.4 Å². The molecule has 0 saturated carbocycles. The molecule has 2 rings (SSSR count). The van der Waals surface area contributed by atoms with Crippen LogP contribution in [0.2, 0.25) is 0 Å². The third-order valence-electron chi connectivity index (χ3n) is 4.29. The highest BCUT2D eigenvalue weighted by molar-refractivity contribution is 5.44. The van der Waals surface area contributed by atoms with Crippen molar-refractivity contribution in [1.29, 1.82) is 0 Å². The van der Waals surface area contributed by atoms with Gasteiger partial charge in [-0.05, 0) is 31.5 Å². The lowest BCUT2D eigenvalue weighted by Crippen LogP contribution is -2.45. The maximum absolute atomic E-state index is 11.1. The second-order valence-electron chi connectivity index (χ2n) is 5.68. The average molecular weight is 280 g/mol. The van der Waals surface area contributed by atoms with Crippen LogP contribution in [-0.4, -0.2) is 31.5 Å². The van der Waals surface area contributed by atoms with E-state index in [0.29, 0.717) is 25.2 Å². The quantitative estimate of drug-likeness (QED) is 0.921. The van der Waals surface area contributed by atoms with Gasteiger partial charge in [0.05, 0.1) is 32.0 Å². The number of methoxy groups -OCH3 is 2. The molecule has 1 aromatic rings. The monoisotopic (exact) mass is 280 g/mol. The molecule has 1 aliphatic heterocycles. The summed E-state index contributed by atoms with van der Waals surface area (Å²) < 4.78 is 16.5. The Morgan fingerprint density at radius 1 is 1.30 bits per heavy atom. The average Bonchev–Trinajstić information content (AvgIpc) is 2.46.